The number of aromatic nitrogens is 2. The quantitative estimate of drug-likeness (QED) is 0.385. The molecule has 3 N–H and O–H groups in total. The van der Waals surface area contributed by atoms with Crippen LogP contribution >= 0.6 is 23.2 Å². The lowest BCUT2D eigenvalue weighted by Crippen LogP contribution is -2.13. The number of H-pyrrole nitrogens is 1. The van der Waals surface area contributed by atoms with E-state index in [1.807, 2.05) is 0 Å². The Morgan fingerprint density at radius 3 is 2.40 bits per heavy atom. The number of imidazole rings is 1. The first-order valence-corrected chi connectivity index (χ1v) is 10.8. The van der Waals surface area contributed by atoms with E-state index in [4.69, 9.17) is 28.3 Å². The molecule has 1 aromatic heterocycles. The molecule has 0 radical (unpaired) electrons. The van der Waals surface area contributed by atoms with Crippen LogP contribution in [0.2, 0.25) is 10.0 Å². The van der Waals surface area contributed by atoms with Gasteiger partial charge >= 0.3 is 5.97 Å². The molecule has 0 fully saturated rings. The molecule has 3 aromatic carbocycles. The second-order valence-corrected chi connectivity index (χ2v) is 8.90. The molecule has 0 saturated heterocycles. The maximum absolute atomic E-state index is 12.6. The van der Waals surface area contributed by atoms with Gasteiger partial charge in [-0.15, -0.1) is 0 Å². The molecule has 4 aromatic rings. The van der Waals surface area contributed by atoms with Gasteiger partial charge in [0.25, 0.3) is 10.0 Å². The van der Waals surface area contributed by atoms with E-state index in [9.17, 15) is 13.2 Å². The summed E-state index contributed by atoms with van der Waals surface area (Å²) in [5.41, 5.74) is 2.17. The van der Waals surface area contributed by atoms with Gasteiger partial charge < -0.3 is 10.1 Å². The predicted molar refractivity (Wildman–Crippen MR) is 116 cm³/mol. The number of carbonyl (C=O) groups is 1. The first-order chi connectivity index (χ1) is 14.2. The standard InChI is InChI=1S/C20H13Cl2N3O4S/c21-13-4-8-16(15(22)10-13)25-30(28,29)14-5-1-11(2-6-14)19-23-17-7-3-12(20(26)27)9-18(17)24-19/h1-10,25H,(H,23,24)(H,26,27). The van der Waals surface area contributed by atoms with Crippen molar-refractivity contribution in [3.63, 3.8) is 0 Å². The molecule has 7 nitrogen and oxygen atoms in total. The van der Waals surface area contributed by atoms with Gasteiger partial charge in [0, 0.05) is 10.6 Å². The third kappa shape index (κ3) is 3.97. The summed E-state index contributed by atoms with van der Waals surface area (Å²) >= 11 is 11.9. The molecule has 152 valence electrons. The minimum absolute atomic E-state index is 0.0431. The summed E-state index contributed by atoms with van der Waals surface area (Å²) in [5.74, 6) is -0.547. The number of nitrogens with one attached hydrogen (secondary N) is 2. The van der Waals surface area contributed by atoms with Crippen LogP contribution < -0.4 is 4.72 Å². The van der Waals surface area contributed by atoms with Crippen molar-refractivity contribution in [2.75, 3.05) is 4.72 Å². The minimum atomic E-state index is -3.86. The summed E-state index contributed by atoms with van der Waals surface area (Å²) in [6.07, 6.45) is 0. The van der Waals surface area contributed by atoms with Crippen molar-refractivity contribution in [3.8, 4) is 11.4 Å². The minimum Gasteiger partial charge on any atom is -0.478 e. The molecule has 10 heteroatoms. The second kappa shape index (κ2) is 7.64. The lowest BCUT2D eigenvalue weighted by atomic mass is 10.2. The molecular weight excluding hydrogens is 449 g/mol. The Labute approximate surface area is 181 Å². The number of nitrogens with zero attached hydrogens (tertiary/aromatic N) is 1. The predicted octanol–water partition coefficient (Wildman–Crippen LogP) is 5.04. The average molecular weight is 462 g/mol. The summed E-state index contributed by atoms with van der Waals surface area (Å²) in [6.45, 7) is 0. The molecule has 0 aliphatic heterocycles. The van der Waals surface area contributed by atoms with E-state index in [2.05, 4.69) is 14.7 Å². The highest BCUT2D eigenvalue weighted by Crippen LogP contribution is 2.28. The van der Waals surface area contributed by atoms with Crippen LogP contribution in [0, 0.1) is 0 Å². The lowest BCUT2D eigenvalue weighted by Gasteiger charge is -2.10. The SMILES string of the molecule is O=C(O)c1ccc2[nH]c(-c3ccc(S(=O)(=O)Nc4ccc(Cl)cc4Cl)cc3)nc2c1. The van der Waals surface area contributed by atoms with Crippen LogP contribution in [-0.4, -0.2) is 29.5 Å². The number of aromatic amines is 1. The summed E-state index contributed by atoms with van der Waals surface area (Å²) in [4.78, 5) is 18.6. The van der Waals surface area contributed by atoms with Gasteiger partial charge in [-0.2, -0.15) is 0 Å². The van der Waals surface area contributed by atoms with Crippen LogP contribution in [0.5, 0.6) is 0 Å². The number of carboxylic acid groups (broad SMARTS) is 1. The number of sulfonamides is 1. The van der Waals surface area contributed by atoms with E-state index in [-0.39, 0.29) is 21.2 Å². The van der Waals surface area contributed by atoms with Crippen LogP contribution in [0.25, 0.3) is 22.4 Å². The zero-order valence-electron chi connectivity index (χ0n) is 15.1. The number of aromatic carboxylic acids is 1. The number of rotatable bonds is 5. The number of hydrogen-bond acceptors (Lipinski definition) is 4. The normalized spacial score (nSPS) is 11.5. The maximum Gasteiger partial charge on any atom is 0.335 e. The Hall–Kier alpha value is -3.07. The zero-order chi connectivity index (χ0) is 21.5. The van der Waals surface area contributed by atoms with Crippen molar-refractivity contribution in [2.24, 2.45) is 0 Å². The number of hydrogen-bond donors (Lipinski definition) is 3. The van der Waals surface area contributed by atoms with Gasteiger partial charge in [0.1, 0.15) is 5.82 Å². The maximum atomic E-state index is 12.6. The Kier molecular flexibility index (Phi) is 5.15. The third-order valence-electron chi connectivity index (χ3n) is 4.34. The summed E-state index contributed by atoms with van der Waals surface area (Å²) in [5, 5.41) is 9.68. The molecule has 0 bridgehead atoms. The van der Waals surface area contributed by atoms with Crippen LogP contribution in [0.1, 0.15) is 10.4 Å². The molecule has 0 amide bonds. The number of carboxylic acids is 1. The summed E-state index contributed by atoms with van der Waals surface area (Å²) in [7, 11) is -3.86. The van der Waals surface area contributed by atoms with Gasteiger partial charge in [-0.25, -0.2) is 18.2 Å². The molecule has 0 aliphatic rings. The fourth-order valence-electron chi connectivity index (χ4n) is 2.84. The van der Waals surface area contributed by atoms with Gasteiger partial charge in [0.05, 0.1) is 32.2 Å². The largest absolute Gasteiger partial charge is 0.478 e. The van der Waals surface area contributed by atoms with Gasteiger partial charge in [0.2, 0.25) is 0 Å². The number of halogens is 2. The average Bonchev–Trinajstić information content (AvgIpc) is 3.13. The van der Waals surface area contributed by atoms with Gasteiger partial charge in [0.15, 0.2) is 0 Å². The molecule has 30 heavy (non-hydrogen) atoms. The van der Waals surface area contributed by atoms with Crippen LogP contribution in [-0.2, 0) is 10.0 Å². The third-order valence-corrected chi connectivity index (χ3v) is 6.27. The van der Waals surface area contributed by atoms with Crippen LogP contribution in [0.3, 0.4) is 0 Å². The first-order valence-electron chi connectivity index (χ1n) is 8.54. The van der Waals surface area contributed by atoms with Gasteiger partial charge in [-0.3, -0.25) is 4.72 Å². The van der Waals surface area contributed by atoms with Crippen molar-refractivity contribution < 1.29 is 18.3 Å². The Morgan fingerprint density at radius 2 is 1.73 bits per heavy atom. The van der Waals surface area contributed by atoms with E-state index in [1.165, 1.54) is 42.5 Å². The van der Waals surface area contributed by atoms with Crippen molar-refractivity contribution >= 4 is 55.9 Å². The van der Waals surface area contributed by atoms with E-state index in [0.717, 1.165) is 0 Å². The Balaban J connectivity index is 1.62. The highest BCUT2D eigenvalue weighted by molar-refractivity contribution is 7.92. The van der Waals surface area contributed by atoms with E-state index in [0.29, 0.717) is 27.4 Å². The van der Waals surface area contributed by atoms with E-state index >= 15 is 0 Å². The molecule has 0 unspecified atom stereocenters. The van der Waals surface area contributed by atoms with Crippen molar-refractivity contribution in [3.05, 3.63) is 76.3 Å². The van der Waals surface area contributed by atoms with Gasteiger partial charge in [-0.1, -0.05) is 23.2 Å². The molecule has 4 rings (SSSR count). The fraction of sp³-hybridized carbons (Fsp3) is 0. The van der Waals surface area contributed by atoms with Crippen LogP contribution in [0.15, 0.2) is 65.6 Å². The van der Waals surface area contributed by atoms with Crippen molar-refractivity contribution in [2.45, 2.75) is 4.90 Å². The van der Waals surface area contributed by atoms with E-state index < -0.39 is 16.0 Å². The summed E-state index contributed by atoms with van der Waals surface area (Å²) < 4.78 is 27.7. The molecule has 1 heterocycles. The molecule has 0 spiro atoms. The Bertz CT molecular complexity index is 1380. The first kappa shape index (κ1) is 20.2. The summed E-state index contributed by atoms with van der Waals surface area (Å²) in [6, 6.07) is 15.1. The van der Waals surface area contributed by atoms with Crippen molar-refractivity contribution in [1.82, 2.24) is 9.97 Å². The van der Waals surface area contributed by atoms with Crippen LogP contribution in [0.4, 0.5) is 5.69 Å². The topological polar surface area (TPSA) is 112 Å². The lowest BCUT2D eigenvalue weighted by molar-refractivity contribution is 0.0697. The fourth-order valence-corrected chi connectivity index (χ4v) is 4.43. The zero-order valence-corrected chi connectivity index (χ0v) is 17.4. The molecule has 0 aliphatic carbocycles. The highest BCUT2D eigenvalue weighted by Gasteiger charge is 2.17. The Morgan fingerprint density at radius 1 is 1.00 bits per heavy atom. The molecular formula is C20H13Cl2N3O4S. The second-order valence-electron chi connectivity index (χ2n) is 6.38. The number of fused-ring (bicyclic) bond motifs is 1. The highest BCUT2D eigenvalue weighted by atomic mass is 35.5. The molecule has 0 saturated carbocycles. The van der Waals surface area contributed by atoms with Crippen molar-refractivity contribution in [1.29, 1.82) is 0 Å². The van der Waals surface area contributed by atoms with E-state index in [1.54, 1.807) is 18.2 Å². The smallest absolute Gasteiger partial charge is 0.335 e. The monoisotopic (exact) mass is 461 g/mol. The number of anilines is 1. The van der Waals surface area contributed by atoms with Gasteiger partial charge in [-0.05, 0) is 60.7 Å². The number of benzene rings is 3. The molecule has 0 atom stereocenters.